The number of ketones is 1. The second-order valence-electron chi connectivity index (χ2n) is 4.12. The summed E-state index contributed by atoms with van der Waals surface area (Å²) in [5.41, 5.74) is 6.68. The minimum Gasteiger partial charge on any atom is -0.384 e. The molecule has 0 aliphatic rings. The summed E-state index contributed by atoms with van der Waals surface area (Å²) < 4.78 is 0. The van der Waals surface area contributed by atoms with E-state index in [1.54, 1.807) is 31.3 Å². The number of rotatable bonds is 5. The first-order valence-electron chi connectivity index (χ1n) is 5.62. The van der Waals surface area contributed by atoms with Crippen molar-refractivity contribution in [1.29, 1.82) is 5.41 Å². The van der Waals surface area contributed by atoms with Gasteiger partial charge in [0.15, 0.2) is 0 Å². The molecular formula is C13H17N3O2. The van der Waals surface area contributed by atoms with Crippen molar-refractivity contribution in [2.75, 3.05) is 11.9 Å². The smallest absolute Gasteiger partial charge is 0.227 e. The molecule has 5 heteroatoms. The first-order chi connectivity index (χ1) is 8.41. The summed E-state index contributed by atoms with van der Waals surface area (Å²) in [6.45, 7) is 1.47. The van der Waals surface area contributed by atoms with E-state index >= 15 is 0 Å². The lowest BCUT2D eigenvalue weighted by Crippen LogP contribution is -2.26. The summed E-state index contributed by atoms with van der Waals surface area (Å²) in [7, 11) is 1.66. The molecule has 0 aromatic heterocycles. The fraction of sp³-hybridized carbons (Fsp3) is 0.308. The standard InChI is InChI=1S/C13H17N3O2/c1-9(17)3-8-12(18)16(2)11-6-4-10(5-7-11)13(14)15/h4-7H,3,8H2,1-2H3,(H3,14,15). The van der Waals surface area contributed by atoms with Gasteiger partial charge in [-0.1, -0.05) is 0 Å². The first-order valence-corrected chi connectivity index (χ1v) is 5.62. The van der Waals surface area contributed by atoms with E-state index in [0.717, 1.165) is 0 Å². The van der Waals surface area contributed by atoms with Gasteiger partial charge in [0, 0.05) is 31.1 Å². The van der Waals surface area contributed by atoms with Gasteiger partial charge in [-0.05, 0) is 31.2 Å². The molecule has 0 aliphatic heterocycles. The predicted octanol–water partition coefficient (Wildman–Crippen LogP) is 1.30. The topological polar surface area (TPSA) is 87.2 Å². The Labute approximate surface area is 106 Å². The lowest BCUT2D eigenvalue weighted by Gasteiger charge is -2.17. The van der Waals surface area contributed by atoms with E-state index in [1.165, 1.54) is 11.8 Å². The largest absolute Gasteiger partial charge is 0.384 e. The number of amidine groups is 1. The average Bonchev–Trinajstić information content (AvgIpc) is 2.35. The van der Waals surface area contributed by atoms with Crippen LogP contribution in [0.3, 0.4) is 0 Å². The number of carbonyl (C=O) groups excluding carboxylic acids is 2. The number of nitrogens with two attached hydrogens (primary N) is 1. The number of benzene rings is 1. The monoisotopic (exact) mass is 247 g/mol. The number of anilines is 1. The highest BCUT2D eigenvalue weighted by Crippen LogP contribution is 2.15. The molecule has 5 nitrogen and oxygen atoms in total. The van der Waals surface area contributed by atoms with Crippen LogP contribution in [0.2, 0.25) is 0 Å². The van der Waals surface area contributed by atoms with Gasteiger partial charge >= 0.3 is 0 Å². The number of carbonyl (C=O) groups is 2. The molecule has 0 fully saturated rings. The second kappa shape index (κ2) is 5.95. The minimum atomic E-state index is -0.110. The molecule has 1 amide bonds. The molecule has 3 N–H and O–H groups in total. The fourth-order valence-electron chi connectivity index (χ4n) is 1.46. The summed E-state index contributed by atoms with van der Waals surface area (Å²) in [6.07, 6.45) is 0.467. The first kappa shape index (κ1) is 13.9. The molecule has 0 aliphatic carbocycles. The second-order valence-corrected chi connectivity index (χ2v) is 4.12. The molecule has 18 heavy (non-hydrogen) atoms. The van der Waals surface area contributed by atoms with Crippen LogP contribution in [0.15, 0.2) is 24.3 Å². The van der Waals surface area contributed by atoms with Crippen LogP contribution >= 0.6 is 0 Å². The summed E-state index contributed by atoms with van der Waals surface area (Å²) >= 11 is 0. The van der Waals surface area contributed by atoms with Crippen molar-refractivity contribution in [2.45, 2.75) is 19.8 Å². The summed E-state index contributed by atoms with van der Waals surface area (Å²) in [5.74, 6) is -0.114. The van der Waals surface area contributed by atoms with E-state index in [2.05, 4.69) is 0 Å². The highest BCUT2D eigenvalue weighted by atomic mass is 16.2. The van der Waals surface area contributed by atoms with E-state index in [9.17, 15) is 9.59 Å². The maximum absolute atomic E-state index is 11.8. The van der Waals surface area contributed by atoms with E-state index in [4.69, 9.17) is 11.1 Å². The van der Waals surface area contributed by atoms with Gasteiger partial charge in [0.05, 0.1) is 0 Å². The Morgan fingerprint density at radius 2 is 1.78 bits per heavy atom. The Bertz CT molecular complexity index is 466. The zero-order valence-corrected chi connectivity index (χ0v) is 10.6. The van der Waals surface area contributed by atoms with Gasteiger partial charge < -0.3 is 15.4 Å². The SMILES string of the molecule is CC(=O)CCC(=O)N(C)c1ccc(C(=N)N)cc1. The highest BCUT2D eigenvalue weighted by molar-refractivity contribution is 5.97. The quantitative estimate of drug-likeness (QED) is 0.607. The normalized spacial score (nSPS) is 9.89. The van der Waals surface area contributed by atoms with Crippen LogP contribution in [0.1, 0.15) is 25.3 Å². The van der Waals surface area contributed by atoms with Crippen LogP contribution in [-0.2, 0) is 9.59 Å². The fourth-order valence-corrected chi connectivity index (χ4v) is 1.46. The van der Waals surface area contributed by atoms with Crippen molar-refractivity contribution in [3.8, 4) is 0 Å². The van der Waals surface area contributed by atoms with E-state index < -0.39 is 0 Å². The Balaban J connectivity index is 2.71. The van der Waals surface area contributed by atoms with Crippen molar-refractivity contribution < 1.29 is 9.59 Å². The average molecular weight is 247 g/mol. The lowest BCUT2D eigenvalue weighted by molar-refractivity contribution is -0.122. The summed E-state index contributed by atoms with van der Waals surface area (Å²) in [4.78, 5) is 24.1. The third kappa shape index (κ3) is 3.69. The zero-order valence-electron chi connectivity index (χ0n) is 10.6. The highest BCUT2D eigenvalue weighted by Gasteiger charge is 2.11. The molecule has 0 spiro atoms. The molecule has 0 bridgehead atoms. The van der Waals surface area contributed by atoms with Crippen molar-refractivity contribution in [1.82, 2.24) is 0 Å². The van der Waals surface area contributed by atoms with Gasteiger partial charge in [0.2, 0.25) is 5.91 Å². The molecule has 1 rings (SSSR count). The molecule has 0 radical (unpaired) electrons. The molecule has 96 valence electrons. The van der Waals surface area contributed by atoms with Gasteiger partial charge in [0.1, 0.15) is 11.6 Å². The molecular weight excluding hydrogens is 230 g/mol. The van der Waals surface area contributed by atoms with Crippen molar-refractivity contribution in [3.05, 3.63) is 29.8 Å². The van der Waals surface area contributed by atoms with Gasteiger partial charge in [-0.2, -0.15) is 0 Å². The number of hydrogen-bond donors (Lipinski definition) is 2. The van der Waals surface area contributed by atoms with E-state index in [-0.39, 0.29) is 30.4 Å². The molecule has 0 saturated heterocycles. The summed E-state index contributed by atoms with van der Waals surface area (Å²) in [6, 6.07) is 6.82. The van der Waals surface area contributed by atoms with E-state index in [0.29, 0.717) is 11.3 Å². The van der Waals surface area contributed by atoms with Crippen molar-refractivity contribution >= 4 is 23.2 Å². The third-order valence-electron chi connectivity index (χ3n) is 2.63. The maximum Gasteiger partial charge on any atom is 0.227 e. The molecule has 0 heterocycles. The van der Waals surface area contributed by atoms with Gasteiger partial charge in [-0.15, -0.1) is 0 Å². The predicted molar refractivity (Wildman–Crippen MR) is 70.8 cm³/mol. The molecule has 0 unspecified atom stereocenters. The van der Waals surface area contributed by atoms with Crippen LogP contribution in [0.25, 0.3) is 0 Å². The van der Waals surface area contributed by atoms with Crippen molar-refractivity contribution in [3.63, 3.8) is 0 Å². The Morgan fingerprint density at radius 3 is 2.22 bits per heavy atom. The van der Waals surface area contributed by atoms with E-state index in [1.807, 2.05) is 0 Å². The number of nitrogen functional groups attached to an aromatic ring is 1. The minimum absolute atomic E-state index is 0.00341. The van der Waals surface area contributed by atoms with Crippen LogP contribution in [0.5, 0.6) is 0 Å². The number of nitrogens with one attached hydrogen (secondary N) is 1. The lowest BCUT2D eigenvalue weighted by atomic mass is 10.1. The Hall–Kier alpha value is -2.17. The third-order valence-corrected chi connectivity index (χ3v) is 2.63. The number of nitrogens with zero attached hydrogens (tertiary/aromatic N) is 1. The Morgan fingerprint density at radius 1 is 1.22 bits per heavy atom. The molecule has 0 atom stereocenters. The maximum atomic E-state index is 11.8. The molecule has 0 saturated carbocycles. The van der Waals surface area contributed by atoms with Crippen LogP contribution in [0.4, 0.5) is 5.69 Å². The van der Waals surface area contributed by atoms with Crippen LogP contribution in [-0.4, -0.2) is 24.6 Å². The molecule has 1 aromatic carbocycles. The number of amides is 1. The molecule has 1 aromatic rings. The van der Waals surface area contributed by atoms with Crippen LogP contribution in [0, 0.1) is 5.41 Å². The zero-order chi connectivity index (χ0) is 13.7. The number of hydrogen-bond acceptors (Lipinski definition) is 3. The van der Waals surface area contributed by atoms with Crippen molar-refractivity contribution in [2.24, 2.45) is 5.73 Å². The number of Topliss-reactive ketones (excluding diaryl/α,β-unsaturated/α-hetero) is 1. The summed E-state index contributed by atoms with van der Waals surface area (Å²) in [5, 5.41) is 7.27. The van der Waals surface area contributed by atoms with Crippen LogP contribution < -0.4 is 10.6 Å². The van der Waals surface area contributed by atoms with Gasteiger partial charge in [-0.25, -0.2) is 0 Å². The van der Waals surface area contributed by atoms with Gasteiger partial charge in [-0.3, -0.25) is 10.2 Å². The van der Waals surface area contributed by atoms with Gasteiger partial charge in [0.25, 0.3) is 0 Å². The Kier molecular flexibility index (Phi) is 4.59.